The predicted molar refractivity (Wildman–Crippen MR) is 133 cm³/mol. The lowest BCUT2D eigenvalue weighted by molar-refractivity contribution is -0.0314. The molecule has 0 unspecified atom stereocenters. The molecule has 1 fully saturated rings. The van der Waals surface area contributed by atoms with Crippen LogP contribution in [0.5, 0.6) is 0 Å². The third kappa shape index (κ3) is 18.7. The SMILES string of the molecule is c1ccc(COCCOCCOCCOCCOCCOCCOCCOC2CCNCC2)cc1. The van der Waals surface area contributed by atoms with Crippen LogP contribution in [0.3, 0.4) is 0 Å². The highest BCUT2D eigenvalue weighted by Crippen LogP contribution is 2.06. The molecule has 202 valence electrons. The van der Waals surface area contributed by atoms with E-state index < -0.39 is 0 Å². The van der Waals surface area contributed by atoms with Gasteiger partial charge in [0.05, 0.1) is 105 Å². The van der Waals surface area contributed by atoms with Gasteiger partial charge in [-0.3, -0.25) is 0 Å². The Morgan fingerprint density at radius 2 is 0.914 bits per heavy atom. The summed E-state index contributed by atoms with van der Waals surface area (Å²) in [6.07, 6.45) is 2.56. The Hall–Kier alpha value is -1.14. The average Bonchev–Trinajstić information content (AvgIpc) is 2.90. The molecule has 1 saturated heterocycles. The first kappa shape index (κ1) is 30.1. The lowest BCUT2D eigenvalue weighted by atomic mass is 10.1. The first-order chi connectivity index (χ1) is 17.4. The Labute approximate surface area is 210 Å². The molecular weight excluding hydrogens is 454 g/mol. The van der Waals surface area contributed by atoms with Crippen molar-refractivity contribution in [1.29, 1.82) is 0 Å². The van der Waals surface area contributed by atoms with Crippen molar-refractivity contribution in [2.75, 3.05) is 106 Å². The highest BCUT2D eigenvalue weighted by molar-refractivity contribution is 5.13. The lowest BCUT2D eigenvalue weighted by Gasteiger charge is -2.22. The van der Waals surface area contributed by atoms with Crippen molar-refractivity contribution in [3.05, 3.63) is 35.9 Å². The van der Waals surface area contributed by atoms with Crippen LogP contribution in [0.25, 0.3) is 0 Å². The molecule has 0 amide bonds. The maximum atomic E-state index is 5.78. The highest BCUT2D eigenvalue weighted by Gasteiger charge is 2.12. The summed E-state index contributed by atoms with van der Waals surface area (Å²) in [7, 11) is 0. The van der Waals surface area contributed by atoms with Gasteiger partial charge in [-0.25, -0.2) is 0 Å². The minimum Gasteiger partial charge on any atom is -0.377 e. The van der Waals surface area contributed by atoms with Crippen LogP contribution in [0.4, 0.5) is 0 Å². The maximum absolute atomic E-state index is 5.78. The van der Waals surface area contributed by atoms with Gasteiger partial charge in [-0.1, -0.05) is 30.3 Å². The quantitative estimate of drug-likeness (QED) is 0.215. The van der Waals surface area contributed by atoms with Crippen molar-refractivity contribution in [1.82, 2.24) is 5.32 Å². The van der Waals surface area contributed by atoms with E-state index in [2.05, 4.69) is 5.32 Å². The topological polar surface area (TPSA) is 85.9 Å². The maximum Gasteiger partial charge on any atom is 0.0718 e. The van der Waals surface area contributed by atoms with Gasteiger partial charge >= 0.3 is 0 Å². The monoisotopic (exact) mass is 499 g/mol. The van der Waals surface area contributed by atoms with E-state index in [1.54, 1.807) is 0 Å². The van der Waals surface area contributed by atoms with Crippen LogP contribution in [0.1, 0.15) is 18.4 Å². The molecule has 35 heavy (non-hydrogen) atoms. The number of ether oxygens (including phenoxy) is 8. The molecular formula is C26H45NO8. The molecule has 0 spiro atoms. The largest absolute Gasteiger partial charge is 0.377 e. The molecule has 1 aromatic rings. The second-order valence-corrected chi connectivity index (χ2v) is 8.03. The van der Waals surface area contributed by atoms with Gasteiger partial charge in [-0.2, -0.15) is 0 Å². The van der Waals surface area contributed by atoms with E-state index in [0.717, 1.165) is 25.9 Å². The van der Waals surface area contributed by atoms with E-state index >= 15 is 0 Å². The fraction of sp³-hybridized carbons (Fsp3) is 0.769. The Kier molecular flexibility index (Phi) is 20.0. The number of nitrogens with one attached hydrogen (secondary N) is 1. The molecule has 1 aliphatic rings. The zero-order chi connectivity index (χ0) is 24.5. The molecule has 9 nitrogen and oxygen atoms in total. The van der Waals surface area contributed by atoms with Crippen LogP contribution < -0.4 is 5.32 Å². The number of piperidine rings is 1. The van der Waals surface area contributed by atoms with Crippen molar-refractivity contribution in [3.63, 3.8) is 0 Å². The Morgan fingerprint density at radius 3 is 1.37 bits per heavy atom. The summed E-state index contributed by atoms with van der Waals surface area (Å²) in [5, 5.41) is 3.33. The minimum absolute atomic E-state index is 0.380. The van der Waals surface area contributed by atoms with Gasteiger partial charge < -0.3 is 43.2 Å². The molecule has 0 radical (unpaired) electrons. The molecule has 1 N–H and O–H groups in total. The Balaban J connectivity index is 1.17. The molecule has 1 aromatic carbocycles. The van der Waals surface area contributed by atoms with Crippen molar-refractivity contribution in [2.24, 2.45) is 0 Å². The summed E-state index contributed by atoms with van der Waals surface area (Å²) >= 11 is 0. The molecule has 1 aliphatic heterocycles. The zero-order valence-electron chi connectivity index (χ0n) is 21.2. The van der Waals surface area contributed by atoms with E-state index in [9.17, 15) is 0 Å². The van der Waals surface area contributed by atoms with E-state index in [1.807, 2.05) is 30.3 Å². The predicted octanol–water partition coefficient (Wildman–Crippen LogP) is 2.07. The lowest BCUT2D eigenvalue weighted by Crippen LogP contribution is -2.33. The summed E-state index contributed by atoms with van der Waals surface area (Å²) in [5.74, 6) is 0. The fourth-order valence-corrected chi connectivity index (χ4v) is 3.32. The van der Waals surface area contributed by atoms with E-state index in [4.69, 9.17) is 37.9 Å². The molecule has 0 aliphatic carbocycles. The third-order valence-electron chi connectivity index (χ3n) is 5.21. The van der Waals surface area contributed by atoms with Gasteiger partial charge in [0.1, 0.15) is 0 Å². The summed E-state index contributed by atoms with van der Waals surface area (Å²) in [6.45, 7) is 10.6. The van der Waals surface area contributed by atoms with Crippen molar-refractivity contribution >= 4 is 0 Å². The van der Waals surface area contributed by atoms with Crippen LogP contribution in [-0.4, -0.2) is 112 Å². The van der Waals surface area contributed by atoms with Gasteiger partial charge in [0, 0.05) is 0 Å². The van der Waals surface area contributed by atoms with Crippen LogP contribution in [0, 0.1) is 0 Å². The van der Waals surface area contributed by atoms with E-state index in [-0.39, 0.29) is 0 Å². The van der Waals surface area contributed by atoms with Crippen molar-refractivity contribution in [3.8, 4) is 0 Å². The van der Waals surface area contributed by atoms with Gasteiger partial charge in [0.2, 0.25) is 0 Å². The smallest absolute Gasteiger partial charge is 0.0718 e. The minimum atomic E-state index is 0.380. The second kappa shape index (κ2) is 23.3. The molecule has 0 bridgehead atoms. The van der Waals surface area contributed by atoms with Crippen LogP contribution >= 0.6 is 0 Å². The summed E-state index contributed by atoms with van der Waals surface area (Å²) in [6, 6.07) is 10.1. The third-order valence-corrected chi connectivity index (χ3v) is 5.21. The Bertz CT molecular complexity index is 560. The molecule has 0 atom stereocenters. The number of rotatable bonds is 24. The van der Waals surface area contributed by atoms with Gasteiger partial charge in [-0.15, -0.1) is 0 Å². The summed E-state index contributed by atoms with van der Waals surface area (Å²) in [5.41, 5.74) is 1.17. The van der Waals surface area contributed by atoms with Crippen molar-refractivity contribution in [2.45, 2.75) is 25.6 Å². The molecule has 2 rings (SSSR count). The summed E-state index contributed by atoms with van der Waals surface area (Å²) < 4.78 is 44.2. The summed E-state index contributed by atoms with van der Waals surface area (Å²) in [4.78, 5) is 0. The average molecular weight is 500 g/mol. The first-order valence-electron chi connectivity index (χ1n) is 12.9. The first-order valence-corrected chi connectivity index (χ1v) is 12.9. The zero-order valence-corrected chi connectivity index (χ0v) is 21.2. The van der Waals surface area contributed by atoms with Gasteiger partial charge in [0.15, 0.2) is 0 Å². The number of benzene rings is 1. The van der Waals surface area contributed by atoms with Gasteiger partial charge in [-0.05, 0) is 31.5 Å². The molecule has 0 saturated carbocycles. The van der Waals surface area contributed by atoms with Crippen LogP contribution in [0.15, 0.2) is 30.3 Å². The normalized spacial score (nSPS) is 14.5. The van der Waals surface area contributed by atoms with Crippen LogP contribution in [-0.2, 0) is 44.5 Å². The standard InChI is InChI=1S/C26H45NO8/c1-2-4-25(5-3-1)24-34-21-20-32-17-16-30-13-12-28-10-11-29-14-15-31-18-19-33-22-23-35-26-6-8-27-9-7-26/h1-5,26-27H,6-24H2. The molecule has 9 heteroatoms. The van der Waals surface area contributed by atoms with Crippen molar-refractivity contribution < 1.29 is 37.9 Å². The highest BCUT2D eigenvalue weighted by atomic mass is 16.6. The van der Waals surface area contributed by atoms with Gasteiger partial charge in [0.25, 0.3) is 0 Å². The fourth-order valence-electron chi connectivity index (χ4n) is 3.32. The molecule has 0 aromatic heterocycles. The Morgan fingerprint density at radius 1 is 0.514 bits per heavy atom. The second-order valence-electron chi connectivity index (χ2n) is 8.03. The molecule has 1 heterocycles. The van der Waals surface area contributed by atoms with E-state index in [1.165, 1.54) is 5.56 Å². The van der Waals surface area contributed by atoms with E-state index in [0.29, 0.717) is 105 Å². The number of hydrogen-bond donors (Lipinski definition) is 1. The van der Waals surface area contributed by atoms with Crippen LogP contribution in [0.2, 0.25) is 0 Å². The number of hydrogen-bond acceptors (Lipinski definition) is 9.